The molecule has 0 aliphatic heterocycles. The summed E-state index contributed by atoms with van der Waals surface area (Å²) in [5.41, 5.74) is 2.06. The van der Waals surface area contributed by atoms with Crippen molar-refractivity contribution in [2.75, 3.05) is 17.2 Å². The lowest BCUT2D eigenvalue weighted by atomic mass is 10.1. The largest absolute Gasteiger partial charge is 0.297 e. The second-order valence-corrected chi connectivity index (χ2v) is 6.33. The molecule has 0 bridgehead atoms. The third kappa shape index (κ3) is 4.14. The molecule has 5 heteroatoms. The zero-order valence-corrected chi connectivity index (χ0v) is 14.6. The molecule has 0 aliphatic rings. The molecule has 0 fully saturated rings. The topological polar surface area (TPSA) is 20.3 Å². The van der Waals surface area contributed by atoms with E-state index >= 15 is 0 Å². The van der Waals surface area contributed by atoms with Crippen LogP contribution in [0.2, 0.25) is 0 Å². The number of halogens is 2. The van der Waals surface area contributed by atoms with Gasteiger partial charge in [0.1, 0.15) is 6.00 Å². The van der Waals surface area contributed by atoms with E-state index in [2.05, 4.69) is 35.0 Å². The summed E-state index contributed by atoms with van der Waals surface area (Å²) in [6, 6.07) is 6.36. The molecule has 0 saturated carbocycles. The van der Waals surface area contributed by atoms with Gasteiger partial charge in [0.25, 0.3) is 0 Å². The van der Waals surface area contributed by atoms with Gasteiger partial charge >= 0.3 is 0 Å². The summed E-state index contributed by atoms with van der Waals surface area (Å²) in [7, 11) is 0. The second-order valence-electron chi connectivity index (χ2n) is 4.11. The highest BCUT2D eigenvalue weighted by molar-refractivity contribution is 9.10. The average molecular weight is 365 g/mol. The number of hydrogen-bond donors (Lipinski definition) is 0. The Morgan fingerprint density at radius 2 is 2.16 bits per heavy atom. The highest BCUT2D eigenvalue weighted by Gasteiger charge is 2.23. The molecule has 0 saturated heterocycles. The molecule has 0 heterocycles. The molecular formula is C14H19BrClNOS. The van der Waals surface area contributed by atoms with Crippen molar-refractivity contribution in [3.05, 3.63) is 23.8 Å². The molecule has 0 aliphatic carbocycles. The fraction of sp³-hybridized carbons (Fsp3) is 0.500. The smallest absolute Gasteiger partial charge is 0.241 e. The predicted octanol–water partition coefficient (Wildman–Crippen LogP) is 4.67. The van der Waals surface area contributed by atoms with Crippen molar-refractivity contribution in [1.82, 2.24) is 0 Å². The molecule has 0 radical (unpaired) electrons. The van der Waals surface area contributed by atoms with Gasteiger partial charge in [-0.2, -0.15) is 0 Å². The van der Waals surface area contributed by atoms with Crippen molar-refractivity contribution in [2.24, 2.45) is 0 Å². The van der Waals surface area contributed by atoms with Crippen LogP contribution in [0.4, 0.5) is 5.69 Å². The minimum absolute atomic E-state index is 0.0189. The van der Waals surface area contributed by atoms with Gasteiger partial charge in [-0.25, -0.2) is 0 Å². The van der Waals surface area contributed by atoms with Gasteiger partial charge in [-0.1, -0.05) is 35.8 Å². The number of anilines is 1. The van der Waals surface area contributed by atoms with Gasteiger partial charge in [0.15, 0.2) is 0 Å². The van der Waals surface area contributed by atoms with Crippen LogP contribution in [0.1, 0.15) is 25.8 Å². The van der Waals surface area contributed by atoms with Crippen LogP contribution in [0, 0.1) is 0 Å². The second kappa shape index (κ2) is 8.18. The summed E-state index contributed by atoms with van der Waals surface area (Å²) in [6.07, 6.45) is 3.65. The van der Waals surface area contributed by atoms with Crippen LogP contribution in [-0.2, 0) is 11.2 Å². The van der Waals surface area contributed by atoms with Gasteiger partial charge in [0.2, 0.25) is 5.91 Å². The number of carbonyl (C=O) groups is 1. The SMILES string of the molecule is CCc1ccc(SC)cc1N(CCl)C(=O)C(Br)CC. The van der Waals surface area contributed by atoms with Crippen molar-refractivity contribution in [3.63, 3.8) is 0 Å². The molecule has 0 N–H and O–H groups in total. The number of benzene rings is 1. The van der Waals surface area contributed by atoms with E-state index in [-0.39, 0.29) is 16.7 Å². The quantitative estimate of drug-likeness (QED) is 0.415. The van der Waals surface area contributed by atoms with Crippen LogP contribution < -0.4 is 4.90 Å². The molecule has 1 atom stereocenters. The first kappa shape index (κ1) is 16.9. The summed E-state index contributed by atoms with van der Waals surface area (Å²) in [5, 5.41) is 0. The molecule has 1 unspecified atom stereocenters. The number of hydrogen-bond acceptors (Lipinski definition) is 2. The van der Waals surface area contributed by atoms with Crippen molar-refractivity contribution in [2.45, 2.75) is 36.4 Å². The number of carbonyl (C=O) groups excluding carboxylic acids is 1. The minimum Gasteiger partial charge on any atom is -0.297 e. The molecule has 1 rings (SSSR count). The highest BCUT2D eigenvalue weighted by atomic mass is 79.9. The summed E-state index contributed by atoms with van der Waals surface area (Å²) >= 11 is 11.1. The lowest BCUT2D eigenvalue weighted by molar-refractivity contribution is -0.117. The van der Waals surface area contributed by atoms with E-state index in [0.29, 0.717) is 0 Å². The van der Waals surface area contributed by atoms with Crippen molar-refractivity contribution in [1.29, 1.82) is 0 Å². The van der Waals surface area contributed by atoms with Crippen LogP contribution in [0.5, 0.6) is 0 Å². The van der Waals surface area contributed by atoms with Crippen molar-refractivity contribution >= 4 is 50.9 Å². The molecule has 1 aromatic carbocycles. The maximum Gasteiger partial charge on any atom is 0.241 e. The highest BCUT2D eigenvalue weighted by Crippen LogP contribution is 2.29. The number of aryl methyl sites for hydroxylation is 1. The number of thioether (sulfide) groups is 1. The maximum atomic E-state index is 12.4. The van der Waals surface area contributed by atoms with E-state index in [1.165, 1.54) is 0 Å². The number of rotatable bonds is 6. The Bertz CT molecular complexity index is 441. The van der Waals surface area contributed by atoms with Gasteiger partial charge < -0.3 is 0 Å². The fourth-order valence-corrected chi connectivity index (χ4v) is 2.73. The lowest BCUT2D eigenvalue weighted by Crippen LogP contribution is -2.36. The van der Waals surface area contributed by atoms with Crippen LogP contribution in [-0.4, -0.2) is 23.0 Å². The molecular weight excluding hydrogens is 346 g/mol. The Morgan fingerprint density at radius 1 is 1.47 bits per heavy atom. The average Bonchev–Trinajstić information content (AvgIpc) is 2.46. The summed E-state index contributed by atoms with van der Waals surface area (Å²) in [5.74, 6) is 0.0189. The minimum atomic E-state index is -0.186. The van der Waals surface area contributed by atoms with Crippen LogP contribution in [0.25, 0.3) is 0 Å². The third-order valence-electron chi connectivity index (χ3n) is 2.98. The molecule has 1 aromatic rings. The number of nitrogens with zero attached hydrogens (tertiary/aromatic N) is 1. The van der Waals surface area contributed by atoms with E-state index in [4.69, 9.17) is 11.6 Å². The Labute approximate surface area is 133 Å². The first-order valence-corrected chi connectivity index (χ1v) is 8.94. The van der Waals surface area contributed by atoms with Crippen LogP contribution in [0.3, 0.4) is 0 Å². The van der Waals surface area contributed by atoms with Gasteiger partial charge in [0.05, 0.1) is 4.83 Å². The van der Waals surface area contributed by atoms with E-state index in [0.717, 1.165) is 29.0 Å². The summed E-state index contributed by atoms with van der Waals surface area (Å²) in [4.78, 5) is 15.0. The Hall–Kier alpha value is -0.190. The standard InChI is InChI=1S/C14H19BrClNOS/c1-4-10-6-7-11(19-3)8-13(10)17(9-16)14(18)12(15)5-2/h6-8,12H,4-5,9H2,1-3H3. The van der Waals surface area contributed by atoms with Gasteiger partial charge in [0, 0.05) is 10.6 Å². The van der Waals surface area contributed by atoms with Crippen LogP contribution in [0.15, 0.2) is 23.1 Å². The Balaban J connectivity index is 3.19. The van der Waals surface area contributed by atoms with E-state index in [1.807, 2.05) is 19.2 Å². The Kier molecular flexibility index (Phi) is 7.26. The van der Waals surface area contributed by atoms with E-state index in [1.54, 1.807) is 16.7 Å². The van der Waals surface area contributed by atoms with E-state index < -0.39 is 0 Å². The molecule has 1 amide bonds. The zero-order chi connectivity index (χ0) is 14.4. The molecule has 19 heavy (non-hydrogen) atoms. The molecule has 0 spiro atoms. The summed E-state index contributed by atoms with van der Waals surface area (Å²) in [6.45, 7) is 4.06. The predicted molar refractivity (Wildman–Crippen MR) is 88.8 cm³/mol. The Morgan fingerprint density at radius 3 is 2.63 bits per heavy atom. The number of alkyl halides is 2. The normalized spacial score (nSPS) is 12.3. The van der Waals surface area contributed by atoms with Crippen LogP contribution >= 0.6 is 39.3 Å². The first-order chi connectivity index (χ1) is 9.08. The van der Waals surface area contributed by atoms with Gasteiger partial charge in [-0.05, 0) is 36.8 Å². The molecule has 2 nitrogen and oxygen atoms in total. The molecule has 106 valence electrons. The third-order valence-corrected chi connectivity index (χ3v) is 4.98. The summed E-state index contributed by atoms with van der Waals surface area (Å²) < 4.78 is 0. The van der Waals surface area contributed by atoms with Crippen molar-refractivity contribution < 1.29 is 4.79 Å². The van der Waals surface area contributed by atoms with Gasteiger partial charge in [-0.3, -0.25) is 9.69 Å². The number of amides is 1. The lowest BCUT2D eigenvalue weighted by Gasteiger charge is -2.25. The van der Waals surface area contributed by atoms with E-state index in [9.17, 15) is 4.79 Å². The zero-order valence-electron chi connectivity index (χ0n) is 11.5. The first-order valence-electron chi connectivity index (χ1n) is 6.27. The monoisotopic (exact) mass is 363 g/mol. The van der Waals surface area contributed by atoms with Crippen molar-refractivity contribution in [3.8, 4) is 0 Å². The molecule has 0 aromatic heterocycles. The maximum absolute atomic E-state index is 12.4. The fourth-order valence-electron chi connectivity index (χ4n) is 1.81. The van der Waals surface area contributed by atoms with Gasteiger partial charge in [-0.15, -0.1) is 23.4 Å².